The molecule has 0 unspecified atom stereocenters. The summed E-state index contributed by atoms with van der Waals surface area (Å²) in [6, 6.07) is 8.08. The predicted molar refractivity (Wildman–Crippen MR) is 84.0 cm³/mol. The fourth-order valence-electron chi connectivity index (χ4n) is 2.94. The van der Waals surface area contributed by atoms with Crippen molar-refractivity contribution in [3.63, 3.8) is 0 Å². The van der Waals surface area contributed by atoms with Crippen LogP contribution in [0.5, 0.6) is 0 Å². The standard InChI is InChI=1S/C17H26N2O/c1-13(2)15-8-4-5-9-16(15)18-17(20)12-19-10-6-7-14(3)11-19/h4-5,8-9,13-14H,6-7,10-12H2,1-3H3,(H,18,20)/t14-/m0/s1. The van der Waals surface area contributed by atoms with E-state index in [1.807, 2.05) is 18.2 Å². The van der Waals surface area contributed by atoms with Crippen LogP contribution in [0.15, 0.2) is 24.3 Å². The number of amides is 1. The monoisotopic (exact) mass is 274 g/mol. The van der Waals surface area contributed by atoms with Gasteiger partial charge in [-0.05, 0) is 42.9 Å². The average Bonchev–Trinajstić information content (AvgIpc) is 2.38. The highest BCUT2D eigenvalue weighted by molar-refractivity contribution is 5.93. The van der Waals surface area contributed by atoms with Gasteiger partial charge < -0.3 is 5.32 Å². The largest absolute Gasteiger partial charge is 0.325 e. The molecule has 20 heavy (non-hydrogen) atoms. The average molecular weight is 274 g/mol. The number of rotatable bonds is 4. The third-order valence-electron chi connectivity index (χ3n) is 3.97. The third-order valence-corrected chi connectivity index (χ3v) is 3.97. The van der Waals surface area contributed by atoms with Crippen molar-refractivity contribution < 1.29 is 4.79 Å². The van der Waals surface area contributed by atoms with Crippen LogP contribution in [0.25, 0.3) is 0 Å². The van der Waals surface area contributed by atoms with E-state index in [9.17, 15) is 4.79 Å². The van der Waals surface area contributed by atoms with E-state index in [4.69, 9.17) is 0 Å². The molecule has 1 aliphatic heterocycles. The van der Waals surface area contributed by atoms with Crippen LogP contribution in [0.2, 0.25) is 0 Å². The van der Waals surface area contributed by atoms with Crippen molar-refractivity contribution in [3.05, 3.63) is 29.8 Å². The Kier molecular flexibility index (Phi) is 5.18. The van der Waals surface area contributed by atoms with E-state index in [1.165, 1.54) is 18.4 Å². The molecule has 3 heteroatoms. The predicted octanol–water partition coefficient (Wildman–Crippen LogP) is 3.48. The second-order valence-corrected chi connectivity index (χ2v) is 6.27. The topological polar surface area (TPSA) is 32.3 Å². The van der Waals surface area contributed by atoms with Gasteiger partial charge in [-0.2, -0.15) is 0 Å². The number of nitrogens with zero attached hydrogens (tertiary/aromatic N) is 1. The lowest BCUT2D eigenvalue weighted by Gasteiger charge is -2.30. The Balaban J connectivity index is 1.94. The molecule has 2 rings (SSSR count). The maximum Gasteiger partial charge on any atom is 0.238 e. The van der Waals surface area contributed by atoms with Crippen LogP contribution in [0.3, 0.4) is 0 Å². The summed E-state index contributed by atoms with van der Waals surface area (Å²) in [5.74, 6) is 1.23. The molecule has 110 valence electrons. The first-order valence-electron chi connectivity index (χ1n) is 7.67. The Labute approximate surface area is 122 Å². The third kappa shape index (κ3) is 4.07. The van der Waals surface area contributed by atoms with E-state index >= 15 is 0 Å². The number of hydrogen-bond acceptors (Lipinski definition) is 2. The zero-order chi connectivity index (χ0) is 14.5. The van der Waals surface area contributed by atoms with Gasteiger partial charge in [0.05, 0.1) is 6.54 Å². The van der Waals surface area contributed by atoms with Crippen molar-refractivity contribution >= 4 is 11.6 Å². The van der Waals surface area contributed by atoms with Crippen LogP contribution >= 0.6 is 0 Å². The van der Waals surface area contributed by atoms with E-state index < -0.39 is 0 Å². The molecule has 1 N–H and O–H groups in total. The minimum absolute atomic E-state index is 0.104. The molecule has 1 aliphatic rings. The number of nitrogens with one attached hydrogen (secondary N) is 1. The second-order valence-electron chi connectivity index (χ2n) is 6.27. The molecule has 1 aromatic carbocycles. The first-order chi connectivity index (χ1) is 9.56. The van der Waals surface area contributed by atoms with Gasteiger partial charge in [0.2, 0.25) is 5.91 Å². The van der Waals surface area contributed by atoms with E-state index in [-0.39, 0.29) is 5.91 Å². The van der Waals surface area contributed by atoms with Gasteiger partial charge in [-0.25, -0.2) is 0 Å². The molecule has 0 aromatic heterocycles. The SMILES string of the molecule is CC(C)c1ccccc1NC(=O)CN1CCC[C@H](C)C1. The van der Waals surface area contributed by atoms with Gasteiger partial charge in [-0.3, -0.25) is 9.69 Å². The Morgan fingerprint density at radius 2 is 2.15 bits per heavy atom. The van der Waals surface area contributed by atoms with Crippen molar-refractivity contribution in [3.8, 4) is 0 Å². The van der Waals surface area contributed by atoms with E-state index in [0.29, 0.717) is 18.4 Å². The zero-order valence-electron chi connectivity index (χ0n) is 12.9. The van der Waals surface area contributed by atoms with Crippen molar-refractivity contribution in [1.29, 1.82) is 0 Å². The Morgan fingerprint density at radius 3 is 2.85 bits per heavy atom. The molecule has 0 spiro atoms. The van der Waals surface area contributed by atoms with Crippen LogP contribution in [0.4, 0.5) is 5.69 Å². The summed E-state index contributed by atoms with van der Waals surface area (Å²) in [5.41, 5.74) is 2.16. The highest BCUT2D eigenvalue weighted by Crippen LogP contribution is 2.23. The number of hydrogen-bond donors (Lipinski definition) is 1. The highest BCUT2D eigenvalue weighted by Gasteiger charge is 2.19. The smallest absolute Gasteiger partial charge is 0.238 e. The maximum atomic E-state index is 12.2. The summed E-state index contributed by atoms with van der Waals surface area (Å²) in [4.78, 5) is 14.5. The van der Waals surface area contributed by atoms with Gasteiger partial charge in [0.15, 0.2) is 0 Å². The quantitative estimate of drug-likeness (QED) is 0.911. The molecule has 0 saturated carbocycles. The Hall–Kier alpha value is -1.35. The number of anilines is 1. The summed E-state index contributed by atoms with van der Waals surface area (Å²) in [5, 5.41) is 3.07. The van der Waals surface area contributed by atoms with Crippen LogP contribution in [-0.2, 0) is 4.79 Å². The molecular formula is C17H26N2O. The lowest BCUT2D eigenvalue weighted by molar-refractivity contribution is -0.117. The van der Waals surface area contributed by atoms with Crippen molar-refractivity contribution in [2.45, 2.75) is 39.5 Å². The van der Waals surface area contributed by atoms with Crippen LogP contribution in [-0.4, -0.2) is 30.4 Å². The van der Waals surface area contributed by atoms with E-state index in [1.54, 1.807) is 0 Å². The van der Waals surface area contributed by atoms with Gasteiger partial charge in [0.1, 0.15) is 0 Å². The fourth-order valence-corrected chi connectivity index (χ4v) is 2.94. The van der Waals surface area contributed by atoms with Gasteiger partial charge in [-0.1, -0.05) is 39.0 Å². The number of para-hydroxylation sites is 1. The minimum atomic E-state index is 0.104. The number of likely N-dealkylation sites (tertiary alicyclic amines) is 1. The molecule has 1 amide bonds. The first-order valence-corrected chi connectivity index (χ1v) is 7.67. The maximum absolute atomic E-state index is 12.2. The second kappa shape index (κ2) is 6.89. The number of carbonyl (C=O) groups excluding carboxylic acids is 1. The van der Waals surface area contributed by atoms with Crippen LogP contribution < -0.4 is 5.32 Å². The molecule has 0 bridgehead atoms. The lowest BCUT2D eigenvalue weighted by atomic mass is 10.00. The van der Waals surface area contributed by atoms with Gasteiger partial charge >= 0.3 is 0 Å². The normalized spacial score (nSPS) is 20.1. The molecule has 0 aliphatic carbocycles. The molecule has 1 aromatic rings. The number of carbonyl (C=O) groups is 1. The molecule has 1 fully saturated rings. The van der Waals surface area contributed by atoms with E-state index in [2.05, 4.69) is 37.1 Å². The molecule has 1 saturated heterocycles. The first kappa shape index (κ1) is 15.0. The number of benzene rings is 1. The molecular weight excluding hydrogens is 248 g/mol. The van der Waals surface area contributed by atoms with Gasteiger partial charge in [0.25, 0.3) is 0 Å². The fraction of sp³-hybridized carbons (Fsp3) is 0.588. The van der Waals surface area contributed by atoms with Crippen molar-refractivity contribution in [2.24, 2.45) is 5.92 Å². The van der Waals surface area contributed by atoms with Crippen molar-refractivity contribution in [2.75, 3.05) is 25.0 Å². The zero-order valence-corrected chi connectivity index (χ0v) is 12.9. The van der Waals surface area contributed by atoms with Crippen LogP contribution in [0, 0.1) is 5.92 Å². The summed E-state index contributed by atoms with van der Waals surface area (Å²) in [6.07, 6.45) is 2.49. The Bertz CT molecular complexity index is 456. The molecule has 3 nitrogen and oxygen atoms in total. The minimum Gasteiger partial charge on any atom is -0.325 e. The van der Waals surface area contributed by atoms with Crippen LogP contribution in [0.1, 0.15) is 45.1 Å². The number of piperidine rings is 1. The van der Waals surface area contributed by atoms with Gasteiger partial charge in [0, 0.05) is 12.2 Å². The summed E-state index contributed by atoms with van der Waals surface area (Å²) < 4.78 is 0. The molecule has 1 atom stereocenters. The molecule has 0 radical (unpaired) electrons. The lowest BCUT2D eigenvalue weighted by Crippen LogP contribution is -2.39. The summed E-state index contributed by atoms with van der Waals surface area (Å²) in [7, 11) is 0. The summed E-state index contributed by atoms with van der Waals surface area (Å²) >= 11 is 0. The van der Waals surface area contributed by atoms with Crippen molar-refractivity contribution in [1.82, 2.24) is 4.90 Å². The highest BCUT2D eigenvalue weighted by atomic mass is 16.2. The Morgan fingerprint density at radius 1 is 1.40 bits per heavy atom. The summed E-state index contributed by atoms with van der Waals surface area (Å²) in [6.45, 7) is 9.16. The molecule has 1 heterocycles. The van der Waals surface area contributed by atoms with Gasteiger partial charge in [-0.15, -0.1) is 0 Å². The van der Waals surface area contributed by atoms with E-state index in [0.717, 1.165) is 18.8 Å².